The lowest BCUT2D eigenvalue weighted by atomic mass is 10.00. The van der Waals surface area contributed by atoms with Gasteiger partial charge < -0.3 is 10.1 Å². The second kappa shape index (κ2) is 5.94. The Morgan fingerprint density at radius 3 is 3.00 bits per heavy atom. The maximum absolute atomic E-state index is 5.40. The van der Waals surface area contributed by atoms with Crippen molar-refractivity contribution in [2.24, 2.45) is 0 Å². The second-order valence-electron chi connectivity index (χ2n) is 4.74. The maximum atomic E-state index is 5.40. The molecular formula is C12H19N5OS. The first kappa shape index (κ1) is 13.0. The van der Waals surface area contributed by atoms with Gasteiger partial charge in [0.25, 0.3) is 0 Å². The first-order chi connectivity index (χ1) is 9.38. The van der Waals surface area contributed by atoms with E-state index in [-0.39, 0.29) is 0 Å². The van der Waals surface area contributed by atoms with Crippen molar-refractivity contribution in [2.75, 3.05) is 26.3 Å². The molecule has 2 aromatic heterocycles. The highest BCUT2D eigenvalue weighted by molar-refractivity contribution is 7.16. The zero-order valence-corrected chi connectivity index (χ0v) is 11.9. The lowest BCUT2D eigenvalue weighted by Gasteiger charge is -2.19. The number of nitrogens with one attached hydrogen (secondary N) is 1. The van der Waals surface area contributed by atoms with Gasteiger partial charge in [-0.15, -0.1) is 10.2 Å². The Morgan fingerprint density at radius 2 is 2.21 bits per heavy atom. The highest BCUT2D eigenvalue weighted by atomic mass is 32.1. The summed E-state index contributed by atoms with van der Waals surface area (Å²) < 4.78 is 7.33. The third-order valence-corrected chi connectivity index (χ3v) is 4.37. The Bertz CT molecular complexity index is 531. The summed E-state index contributed by atoms with van der Waals surface area (Å²) >= 11 is 1.64. The van der Waals surface area contributed by atoms with E-state index >= 15 is 0 Å². The molecule has 3 rings (SSSR count). The molecule has 0 aliphatic carbocycles. The minimum absolute atomic E-state index is 0.437. The molecule has 7 heteroatoms. The van der Waals surface area contributed by atoms with Crippen LogP contribution in [0.15, 0.2) is 0 Å². The number of likely N-dealkylation sites (N-methyl/N-ethyl adjacent to an activating group) is 1. The molecule has 1 fully saturated rings. The first-order valence-electron chi connectivity index (χ1n) is 6.88. The fraction of sp³-hybridized carbons (Fsp3) is 0.750. The molecule has 0 spiro atoms. The summed E-state index contributed by atoms with van der Waals surface area (Å²) in [5, 5.41) is 17.6. The van der Waals surface area contributed by atoms with Crippen molar-refractivity contribution in [1.29, 1.82) is 0 Å². The quantitative estimate of drug-likeness (QED) is 0.835. The summed E-state index contributed by atoms with van der Waals surface area (Å²) in [6, 6.07) is 0. The van der Waals surface area contributed by atoms with Crippen molar-refractivity contribution in [3.8, 4) is 0 Å². The van der Waals surface area contributed by atoms with Crippen molar-refractivity contribution >= 4 is 16.3 Å². The molecule has 3 heterocycles. The van der Waals surface area contributed by atoms with Gasteiger partial charge in [-0.2, -0.15) is 9.61 Å². The molecule has 0 saturated carbocycles. The molecule has 1 saturated heterocycles. The summed E-state index contributed by atoms with van der Waals surface area (Å²) in [6.07, 6.45) is 2.99. The Kier molecular flexibility index (Phi) is 4.05. The van der Waals surface area contributed by atoms with Crippen LogP contribution in [0.1, 0.15) is 36.5 Å². The molecule has 0 atom stereocenters. The van der Waals surface area contributed by atoms with Crippen molar-refractivity contribution in [1.82, 2.24) is 25.1 Å². The van der Waals surface area contributed by atoms with Gasteiger partial charge in [-0.1, -0.05) is 18.3 Å². The van der Waals surface area contributed by atoms with Crippen LogP contribution < -0.4 is 5.32 Å². The van der Waals surface area contributed by atoms with Gasteiger partial charge in [0.15, 0.2) is 5.82 Å². The lowest BCUT2D eigenvalue weighted by molar-refractivity contribution is 0.0831. The van der Waals surface area contributed by atoms with Crippen LogP contribution in [0.4, 0.5) is 0 Å². The number of hydrogen-bond acceptors (Lipinski definition) is 6. The molecule has 0 aromatic carbocycles. The minimum Gasteiger partial charge on any atom is -0.381 e. The van der Waals surface area contributed by atoms with Crippen LogP contribution in [0.5, 0.6) is 0 Å². The lowest BCUT2D eigenvalue weighted by Crippen LogP contribution is -2.17. The van der Waals surface area contributed by atoms with Crippen LogP contribution in [0.3, 0.4) is 0 Å². The summed E-state index contributed by atoms with van der Waals surface area (Å²) in [5.41, 5.74) is 0. The van der Waals surface area contributed by atoms with Crippen molar-refractivity contribution in [3.63, 3.8) is 0 Å². The predicted octanol–water partition coefficient (Wildman–Crippen LogP) is 1.23. The predicted molar refractivity (Wildman–Crippen MR) is 73.7 cm³/mol. The summed E-state index contributed by atoms with van der Waals surface area (Å²) in [7, 11) is 0. The third-order valence-electron chi connectivity index (χ3n) is 3.41. The van der Waals surface area contributed by atoms with E-state index in [2.05, 4.69) is 27.5 Å². The van der Waals surface area contributed by atoms with Crippen LogP contribution in [-0.2, 0) is 11.2 Å². The molecule has 19 heavy (non-hydrogen) atoms. The van der Waals surface area contributed by atoms with Gasteiger partial charge in [-0.3, -0.25) is 0 Å². The summed E-state index contributed by atoms with van der Waals surface area (Å²) in [4.78, 5) is 0.910. The van der Waals surface area contributed by atoms with Gasteiger partial charge in [0.2, 0.25) is 4.96 Å². The van der Waals surface area contributed by atoms with Gasteiger partial charge in [-0.05, 0) is 19.4 Å². The van der Waals surface area contributed by atoms with Crippen molar-refractivity contribution in [2.45, 2.75) is 32.1 Å². The summed E-state index contributed by atoms with van der Waals surface area (Å²) in [5.74, 6) is 1.44. The number of ether oxygens (including phenoxy) is 1. The zero-order chi connectivity index (χ0) is 13.1. The summed E-state index contributed by atoms with van der Waals surface area (Å²) in [6.45, 7) is 5.71. The van der Waals surface area contributed by atoms with Gasteiger partial charge in [0.05, 0.1) is 0 Å². The average molecular weight is 281 g/mol. The van der Waals surface area contributed by atoms with Crippen LogP contribution >= 0.6 is 11.3 Å². The fourth-order valence-corrected chi connectivity index (χ4v) is 3.20. The van der Waals surface area contributed by atoms with Crippen molar-refractivity contribution < 1.29 is 4.74 Å². The minimum atomic E-state index is 0.437. The monoisotopic (exact) mass is 281 g/mol. The van der Waals surface area contributed by atoms with Gasteiger partial charge in [-0.25, -0.2) is 0 Å². The Morgan fingerprint density at radius 1 is 1.37 bits per heavy atom. The number of nitrogens with zero attached hydrogens (tertiary/aromatic N) is 4. The van der Waals surface area contributed by atoms with E-state index in [1.54, 1.807) is 11.3 Å². The van der Waals surface area contributed by atoms with Crippen LogP contribution in [0.25, 0.3) is 4.96 Å². The van der Waals surface area contributed by atoms with E-state index in [9.17, 15) is 0 Å². The van der Waals surface area contributed by atoms with E-state index in [4.69, 9.17) is 4.74 Å². The number of hydrogen-bond donors (Lipinski definition) is 1. The average Bonchev–Trinajstić information content (AvgIpc) is 3.00. The van der Waals surface area contributed by atoms with Gasteiger partial charge in [0, 0.05) is 32.1 Å². The molecule has 2 aromatic rings. The molecule has 6 nitrogen and oxygen atoms in total. The Hall–Kier alpha value is -1.05. The second-order valence-corrected chi connectivity index (χ2v) is 5.78. The smallest absolute Gasteiger partial charge is 0.234 e. The molecular weight excluding hydrogens is 262 g/mol. The SMILES string of the molecule is CCNCCc1nn2c(C3CCOCC3)nnc2s1. The standard InChI is InChI=1S/C12H19N5OS/c1-2-13-6-3-10-16-17-11(14-15-12(17)19-10)9-4-7-18-8-5-9/h9,13H,2-8H2,1H3. The molecule has 0 bridgehead atoms. The molecule has 0 unspecified atom stereocenters. The fourth-order valence-electron chi connectivity index (χ4n) is 2.36. The van der Waals surface area contributed by atoms with Gasteiger partial charge in [0.1, 0.15) is 5.01 Å². The molecule has 0 amide bonds. The first-order valence-corrected chi connectivity index (χ1v) is 7.69. The van der Waals surface area contributed by atoms with E-state index in [0.29, 0.717) is 5.92 Å². The van der Waals surface area contributed by atoms with Crippen molar-refractivity contribution in [3.05, 3.63) is 10.8 Å². The molecule has 1 N–H and O–H groups in total. The van der Waals surface area contributed by atoms with Crippen LogP contribution in [0, 0.1) is 0 Å². The largest absolute Gasteiger partial charge is 0.381 e. The normalized spacial score (nSPS) is 17.3. The molecule has 0 radical (unpaired) electrons. The van der Waals surface area contributed by atoms with E-state index in [0.717, 1.165) is 61.4 Å². The number of aromatic nitrogens is 4. The topological polar surface area (TPSA) is 64.3 Å². The Labute approximate surface area is 116 Å². The highest BCUT2D eigenvalue weighted by Gasteiger charge is 2.23. The number of fused-ring (bicyclic) bond motifs is 1. The van der Waals surface area contributed by atoms with Gasteiger partial charge >= 0.3 is 0 Å². The third kappa shape index (κ3) is 2.77. The molecule has 104 valence electrons. The van der Waals surface area contributed by atoms with Crippen LogP contribution in [-0.4, -0.2) is 46.1 Å². The number of rotatable bonds is 5. The van der Waals surface area contributed by atoms with E-state index < -0.39 is 0 Å². The van der Waals surface area contributed by atoms with E-state index in [1.807, 2.05) is 4.52 Å². The Balaban J connectivity index is 1.77. The zero-order valence-electron chi connectivity index (χ0n) is 11.1. The highest BCUT2D eigenvalue weighted by Crippen LogP contribution is 2.27. The maximum Gasteiger partial charge on any atom is 0.234 e. The van der Waals surface area contributed by atoms with E-state index in [1.165, 1.54) is 0 Å². The molecule has 1 aliphatic rings. The molecule has 1 aliphatic heterocycles. The van der Waals surface area contributed by atoms with Crippen LogP contribution in [0.2, 0.25) is 0 Å².